The molecule has 34 heavy (non-hydrogen) atoms. The zero-order valence-electron chi connectivity index (χ0n) is 19.5. The molecule has 2 aromatic heterocycles. The molecule has 7 heteroatoms. The van der Waals surface area contributed by atoms with Crippen LogP contribution >= 0.6 is 0 Å². The highest BCUT2D eigenvalue weighted by molar-refractivity contribution is 6.08. The van der Waals surface area contributed by atoms with Crippen molar-refractivity contribution in [2.45, 2.75) is 13.8 Å². The summed E-state index contributed by atoms with van der Waals surface area (Å²) >= 11 is 0. The summed E-state index contributed by atoms with van der Waals surface area (Å²) in [5, 5.41) is 7.79. The first kappa shape index (κ1) is 21.5. The molecular formula is C27H25N5O2. The fourth-order valence-corrected chi connectivity index (χ4v) is 4.31. The minimum atomic E-state index is -0.266. The molecule has 0 aliphatic heterocycles. The first-order valence-corrected chi connectivity index (χ1v) is 11.0. The first-order valence-electron chi connectivity index (χ1n) is 11.0. The third-order valence-electron chi connectivity index (χ3n) is 6.15. The predicted octanol–water partition coefficient (Wildman–Crippen LogP) is 4.60. The highest BCUT2D eigenvalue weighted by atomic mass is 16.2. The lowest BCUT2D eigenvalue weighted by Gasteiger charge is -2.08. The van der Waals surface area contributed by atoms with E-state index in [-0.39, 0.29) is 11.6 Å². The van der Waals surface area contributed by atoms with Crippen molar-refractivity contribution in [1.82, 2.24) is 18.9 Å². The van der Waals surface area contributed by atoms with Gasteiger partial charge in [-0.15, -0.1) is 0 Å². The van der Waals surface area contributed by atoms with Gasteiger partial charge < -0.3 is 5.32 Å². The van der Waals surface area contributed by atoms with Crippen molar-refractivity contribution in [3.05, 3.63) is 100 Å². The molecule has 2 heterocycles. The maximum absolute atomic E-state index is 13.5. The van der Waals surface area contributed by atoms with Gasteiger partial charge in [-0.1, -0.05) is 42.0 Å². The Kier molecular flexibility index (Phi) is 5.17. The van der Waals surface area contributed by atoms with Gasteiger partial charge in [0.1, 0.15) is 5.69 Å². The third kappa shape index (κ3) is 3.61. The summed E-state index contributed by atoms with van der Waals surface area (Å²) < 4.78 is 4.89. The number of para-hydroxylation sites is 1. The second kappa shape index (κ2) is 8.19. The summed E-state index contributed by atoms with van der Waals surface area (Å²) in [6.07, 6.45) is 1.76. The van der Waals surface area contributed by atoms with Crippen molar-refractivity contribution in [3.8, 4) is 16.9 Å². The van der Waals surface area contributed by atoms with Crippen LogP contribution in [0.1, 0.15) is 21.5 Å². The number of hydrogen-bond donors (Lipinski definition) is 1. The Morgan fingerprint density at radius 3 is 2.35 bits per heavy atom. The lowest BCUT2D eigenvalue weighted by atomic mass is 10.0. The van der Waals surface area contributed by atoms with Crippen molar-refractivity contribution in [3.63, 3.8) is 0 Å². The Balaban J connectivity index is 1.58. The maximum Gasteiger partial charge on any atom is 0.328 e. The van der Waals surface area contributed by atoms with Gasteiger partial charge >= 0.3 is 5.69 Å². The Labute approximate surface area is 196 Å². The number of imidazole rings is 1. The number of hydrogen-bond acceptors (Lipinski definition) is 3. The normalized spacial score (nSPS) is 11.2. The molecule has 0 radical (unpaired) electrons. The van der Waals surface area contributed by atoms with Crippen LogP contribution in [0.15, 0.2) is 77.7 Å². The number of benzene rings is 3. The number of carbonyl (C=O) groups is 1. The van der Waals surface area contributed by atoms with E-state index in [1.807, 2.05) is 68.4 Å². The molecule has 5 rings (SSSR count). The molecule has 0 fully saturated rings. The SMILES string of the molecule is Cc1ccc(-c2nn(-c3ccccc3)cc2C(=O)Nc2ccc3c(c2)n(C)c(=O)n3C)c(C)c1. The van der Waals surface area contributed by atoms with Crippen LogP contribution in [0.25, 0.3) is 28.0 Å². The van der Waals surface area contributed by atoms with E-state index in [9.17, 15) is 9.59 Å². The van der Waals surface area contributed by atoms with Crippen LogP contribution < -0.4 is 11.0 Å². The number of aryl methyl sites for hydroxylation is 4. The van der Waals surface area contributed by atoms with E-state index in [4.69, 9.17) is 5.10 Å². The second-order valence-corrected chi connectivity index (χ2v) is 8.55. The monoisotopic (exact) mass is 451 g/mol. The van der Waals surface area contributed by atoms with Gasteiger partial charge in [0, 0.05) is 31.5 Å². The van der Waals surface area contributed by atoms with Crippen molar-refractivity contribution in [2.75, 3.05) is 5.32 Å². The topological polar surface area (TPSA) is 73.8 Å². The van der Waals surface area contributed by atoms with E-state index in [0.717, 1.165) is 33.4 Å². The molecule has 0 saturated heterocycles. The molecule has 1 amide bonds. The Morgan fingerprint density at radius 1 is 0.882 bits per heavy atom. The summed E-state index contributed by atoms with van der Waals surface area (Å²) in [4.78, 5) is 25.8. The molecule has 5 aromatic rings. The van der Waals surface area contributed by atoms with E-state index in [2.05, 4.69) is 11.4 Å². The van der Waals surface area contributed by atoms with Crippen LogP contribution in [0.2, 0.25) is 0 Å². The highest BCUT2D eigenvalue weighted by Crippen LogP contribution is 2.28. The standard InChI is InChI=1S/C27H25N5O2/c1-17-10-12-21(18(2)14-17)25-22(16-32(29-25)20-8-6-5-7-9-20)26(33)28-19-11-13-23-24(15-19)31(4)27(34)30(23)3/h5-16H,1-4H3,(H,28,33). The number of anilines is 1. The molecule has 0 aliphatic rings. The fraction of sp³-hybridized carbons (Fsp3) is 0.148. The van der Waals surface area contributed by atoms with Crippen LogP contribution in [-0.2, 0) is 14.1 Å². The van der Waals surface area contributed by atoms with Gasteiger partial charge in [0.05, 0.1) is 22.3 Å². The number of aromatic nitrogens is 4. The van der Waals surface area contributed by atoms with E-state index in [0.29, 0.717) is 16.9 Å². The molecule has 3 aromatic carbocycles. The number of nitrogens with zero attached hydrogens (tertiary/aromatic N) is 4. The van der Waals surface area contributed by atoms with Crippen LogP contribution in [-0.4, -0.2) is 24.8 Å². The van der Waals surface area contributed by atoms with Crippen molar-refractivity contribution < 1.29 is 4.79 Å². The Bertz CT molecular complexity index is 1610. The van der Waals surface area contributed by atoms with Gasteiger partial charge in [-0.3, -0.25) is 13.9 Å². The second-order valence-electron chi connectivity index (χ2n) is 8.55. The fourth-order valence-electron chi connectivity index (χ4n) is 4.31. The van der Waals surface area contributed by atoms with Gasteiger partial charge in [-0.2, -0.15) is 5.10 Å². The number of rotatable bonds is 4. The summed E-state index contributed by atoms with van der Waals surface area (Å²) in [5.41, 5.74) is 7.12. The molecule has 7 nitrogen and oxygen atoms in total. The summed E-state index contributed by atoms with van der Waals surface area (Å²) in [6.45, 7) is 4.06. The van der Waals surface area contributed by atoms with Gasteiger partial charge in [0.2, 0.25) is 0 Å². The lowest BCUT2D eigenvalue weighted by Crippen LogP contribution is -2.19. The van der Waals surface area contributed by atoms with Crippen molar-refractivity contribution in [2.24, 2.45) is 14.1 Å². The first-order chi connectivity index (χ1) is 16.3. The summed E-state index contributed by atoms with van der Waals surface area (Å²) in [7, 11) is 3.45. The number of carbonyl (C=O) groups excluding carboxylic acids is 1. The molecule has 0 bridgehead atoms. The zero-order valence-corrected chi connectivity index (χ0v) is 19.5. The molecule has 0 unspecified atom stereocenters. The van der Waals surface area contributed by atoms with Crippen molar-refractivity contribution >= 4 is 22.6 Å². The van der Waals surface area contributed by atoms with Crippen LogP contribution in [0.5, 0.6) is 0 Å². The average molecular weight is 452 g/mol. The van der Waals surface area contributed by atoms with E-state index >= 15 is 0 Å². The molecule has 170 valence electrons. The number of amides is 1. The highest BCUT2D eigenvalue weighted by Gasteiger charge is 2.21. The number of nitrogens with one attached hydrogen (secondary N) is 1. The Hall–Kier alpha value is -4.39. The third-order valence-corrected chi connectivity index (χ3v) is 6.15. The van der Waals surface area contributed by atoms with E-state index < -0.39 is 0 Å². The van der Waals surface area contributed by atoms with Gasteiger partial charge in [-0.05, 0) is 49.7 Å². The van der Waals surface area contributed by atoms with E-state index in [1.165, 1.54) is 0 Å². The minimum absolute atomic E-state index is 0.111. The van der Waals surface area contributed by atoms with Crippen molar-refractivity contribution in [1.29, 1.82) is 0 Å². The van der Waals surface area contributed by atoms with Gasteiger partial charge in [0.15, 0.2) is 0 Å². The lowest BCUT2D eigenvalue weighted by molar-refractivity contribution is 0.102. The molecule has 0 spiro atoms. The smallest absolute Gasteiger partial charge is 0.322 e. The molecule has 0 aliphatic carbocycles. The van der Waals surface area contributed by atoms with Crippen LogP contribution in [0, 0.1) is 13.8 Å². The van der Waals surface area contributed by atoms with E-state index in [1.54, 1.807) is 40.2 Å². The summed E-state index contributed by atoms with van der Waals surface area (Å²) in [6, 6.07) is 21.3. The molecular weight excluding hydrogens is 426 g/mol. The molecule has 0 saturated carbocycles. The van der Waals surface area contributed by atoms with Gasteiger partial charge in [0.25, 0.3) is 5.91 Å². The molecule has 0 atom stereocenters. The number of fused-ring (bicyclic) bond motifs is 1. The van der Waals surface area contributed by atoms with Crippen LogP contribution in [0.3, 0.4) is 0 Å². The molecule has 1 N–H and O–H groups in total. The van der Waals surface area contributed by atoms with Crippen LogP contribution in [0.4, 0.5) is 5.69 Å². The van der Waals surface area contributed by atoms with Gasteiger partial charge in [-0.25, -0.2) is 9.48 Å². The largest absolute Gasteiger partial charge is 0.328 e. The zero-order chi connectivity index (χ0) is 24.0. The summed E-state index contributed by atoms with van der Waals surface area (Å²) in [5.74, 6) is -0.266. The maximum atomic E-state index is 13.5. The Morgan fingerprint density at radius 2 is 1.62 bits per heavy atom. The minimum Gasteiger partial charge on any atom is -0.322 e. The predicted molar refractivity (Wildman–Crippen MR) is 135 cm³/mol. The quantitative estimate of drug-likeness (QED) is 0.434. The average Bonchev–Trinajstić information content (AvgIpc) is 3.36.